The zero-order valence-corrected chi connectivity index (χ0v) is 20.8. The van der Waals surface area contributed by atoms with E-state index < -0.39 is 0 Å². The highest BCUT2D eigenvalue weighted by atomic mass is 32.1. The number of aryl methyl sites for hydroxylation is 3. The van der Waals surface area contributed by atoms with Crippen LogP contribution >= 0.6 is 11.3 Å². The summed E-state index contributed by atoms with van der Waals surface area (Å²) in [4.78, 5) is 23.3. The normalized spacial score (nSPS) is 11.8. The largest absolute Gasteiger partial charge is 0.291 e. The van der Waals surface area contributed by atoms with Gasteiger partial charge in [0.1, 0.15) is 21.6 Å². The average Bonchev–Trinajstić information content (AvgIpc) is 3.47. The van der Waals surface area contributed by atoms with Crippen LogP contribution in [0.3, 0.4) is 0 Å². The number of hydrogen-bond donors (Lipinski definition) is 0. The second-order valence-corrected chi connectivity index (χ2v) is 9.76. The van der Waals surface area contributed by atoms with Crippen molar-refractivity contribution in [3.05, 3.63) is 106 Å². The fraction of sp³-hybridized carbons (Fsp3) is 0.107. The number of pyridine rings is 1. The Labute approximate surface area is 211 Å². The number of thiophene rings is 1. The van der Waals surface area contributed by atoms with Crippen LogP contribution in [0.4, 0.5) is 0 Å². The lowest BCUT2D eigenvalue weighted by Gasteiger charge is -2.01. The summed E-state index contributed by atoms with van der Waals surface area (Å²) in [6.45, 7) is 6.02. The van der Waals surface area contributed by atoms with Crippen molar-refractivity contribution in [2.75, 3.05) is 0 Å². The molecule has 36 heavy (non-hydrogen) atoms. The van der Waals surface area contributed by atoms with E-state index in [1.165, 1.54) is 27.9 Å². The molecule has 4 heterocycles. The van der Waals surface area contributed by atoms with E-state index in [1.807, 2.05) is 73.3 Å². The molecule has 0 bridgehead atoms. The van der Waals surface area contributed by atoms with Crippen molar-refractivity contribution in [1.29, 1.82) is 0 Å². The Morgan fingerprint density at radius 1 is 1.00 bits per heavy atom. The van der Waals surface area contributed by atoms with Gasteiger partial charge in [0.15, 0.2) is 0 Å². The zero-order chi connectivity index (χ0) is 24.8. The van der Waals surface area contributed by atoms with Crippen LogP contribution in [0.25, 0.3) is 37.4 Å². The average molecular weight is 491 g/mol. The molecule has 0 fully saturated rings. The van der Waals surface area contributed by atoms with Gasteiger partial charge < -0.3 is 0 Å². The molecule has 0 aliphatic heterocycles. The molecule has 0 aliphatic carbocycles. The van der Waals surface area contributed by atoms with Crippen LogP contribution in [0.5, 0.6) is 0 Å². The Kier molecular flexibility index (Phi) is 5.30. The van der Waals surface area contributed by atoms with Gasteiger partial charge in [-0.1, -0.05) is 48.0 Å². The first-order valence-electron chi connectivity index (χ1n) is 11.5. The van der Waals surface area contributed by atoms with Gasteiger partial charge in [-0.15, -0.1) is 11.3 Å². The van der Waals surface area contributed by atoms with Crippen molar-refractivity contribution in [2.24, 2.45) is 5.10 Å². The summed E-state index contributed by atoms with van der Waals surface area (Å²) in [6, 6.07) is 20.1. The molecule has 0 N–H and O–H groups in total. The Balaban J connectivity index is 1.46. The molecule has 0 saturated heterocycles. The third-order valence-electron chi connectivity index (χ3n) is 6.07. The van der Waals surface area contributed by atoms with Gasteiger partial charge in [0.2, 0.25) is 0 Å². The zero-order valence-electron chi connectivity index (χ0n) is 20.0. The van der Waals surface area contributed by atoms with Crippen LogP contribution in [0, 0.1) is 20.8 Å². The molecule has 6 rings (SSSR count). The molecule has 0 aliphatic rings. The highest BCUT2D eigenvalue weighted by Gasteiger charge is 2.15. The third-order valence-corrected chi connectivity index (χ3v) is 7.13. The second-order valence-electron chi connectivity index (χ2n) is 8.76. The van der Waals surface area contributed by atoms with Crippen molar-refractivity contribution in [3.8, 4) is 16.9 Å². The lowest BCUT2D eigenvalue weighted by atomic mass is 10.1. The van der Waals surface area contributed by atoms with E-state index in [2.05, 4.69) is 34.1 Å². The van der Waals surface area contributed by atoms with Gasteiger partial charge in [-0.25, -0.2) is 14.6 Å². The smallest absolute Gasteiger partial charge is 0.266 e. The Bertz CT molecular complexity index is 1830. The first kappa shape index (κ1) is 22.1. The van der Waals surface area contributed by atoms with E-state index in [-0.39, 0.29) is 5.56 Å². The number of benzene rings is 2. The van der Waals surface area contributed by atoms with Crippen LogP contribution in [-0.4, -0.2) is 30.6 Å². The van der Waals surface area contributed by atoms with Gasteiger partial charge in [0, 0.05) is 28.4 Å². The standard InChI is InChI=1S/C28H22N6OS/c1-17-9-11-20(12-10-17)24-21(15-33(32-24)22-7-5-4-6-8-22)14-30-34-16-29-25-23-18(2)13-19(3)31-27(23)36-26(25)28(34)35/h4-16H,1-3H3/b30-14+. The molecular weight excluding hydrogens is 468 g/mol. The van der Waals surface area contributed by atoms with E-state index in [4.69, 9.17) is 5.10 Å². The summed E-state index contributed by atoms with van der Waals surface area (Å²) in [5.41, 5.74) is 7.09. The van der Waals surface area contributed by atoms with E-state index in [1.54, 1.807) is 6.21 Å². The molecule has 2 aromatic carbocycles. The van der Waals surface area contributed by atoms with Crippen LogP contribution in [0.15, 0.2) is 83.1 Å². The predicted molar refractivity (Wildman–Crippen MR) is 145 cm³/mol. The molecule has 0 radical (unpaired) electrons. The molecule has 0 atom stereocenters. The lowest BCUT2D eigenvalue weighted by Crippen LogP contribution is -2.15. The highest BCUT2D eigenvalue weighted by Crippen LogP contribution is 2.31. The number of aromatic nitrogens is 5. The first-order valence-corrected chi connectivity index (χ1v) is 12.3. The molecule has 0 amide bonds. The number of rotatable bonds is 4. The molecule has 7 nitrogen and oxygen atoms in total. The molecule has 4 aromatic heterocycles. The van der Waals surface area contributed by atoms with Crippen LogP contribution < -0.4 is 5.56 Å². The number of para-hydroxylation sites is 1. The van der Waals surface area contributed by atoms with E-state index in [0.29, 0.717) is 10.2 Å². The van der Waals surface area contributed by atoms with Gasteiger partial charge in [0.25, 0.3) is 5.56 Å². The molecule has 8 heteroatoms. The summed E-state index contributed by atoms with van der Waals surface area (Å²) in [7, 11) is 0. The van der Waals surface area contributed by atoms with Crippen LogP contribution in [-0.2, 0) is 0 Å². The topological polar surface area (TPSA) is 78.0 Å². The number of hydrogen-bond acceptors (Lipinski definition) is 6. The Morgan fingerprint density at radius 3 is 2.56 bits per heavy atom. The van der Waals surface area contributed by atoms with Gasteiger partial charge in [-0.05, 0) is 44.5 Å². The summed E-state index contributed by atoms with van der Waals surface area (Å²) < 4.78 is 3.65. The summed E-state index contributed by atoms with van der Waals surface area (Å²) in [5.74, 6) is 0. The molecule has 0 spiro atoms. The van der Waals surface area contributed by atoms with Crippen molar-refractivity contribution in [2.45, 2.75) is 20.8 Å². The SMILES string of the molecule is Cc1ccc(-c2nn(-c3ccccc3)cc2/C=N/n2cnc3c(sc4nc(C)cc(C)c43)c2=O)cc1. The van der Waals surface area contributed by atoms with Crippen LogP contribution in [0.2, 0.25) is 0 Å². The van der Waals surface area contributed by atoms with Crippen molar-refractivity contribution >= 4 is 38.0 Å². The van der Waals surface area contributed by atoms with Gasteiger partial charge in [0.05, 0.1) is 17.4 Å². The Morgan fingerprint density at radius 2 is 1.78 bits per heavy atom. The minimum absolute atomic E-state index is 0.219. The molecule has 0 unspecified atom stereocenters. The molecule has 6 aromatic rings. The highest BCUT2D eigenvalue weighted by molar-refractivity contribution is 7.25. The second kappa shape index (κ2) is 8.66. The molecular formula is C28H22N6OS. The monoisotopic (exact) mass is 490 g/mol. The molecule has 176 valence electrons. The summed E-state index contributed by atoms with van der Waals surface area (Å²) in [5, 5.41) is 10.3. The Hall–Kier alpha value is -4.43. The summed E-state index contributed by atoms with van der Waals surface area (Å²) >= 11 is 1.36. The first-order chi connectivity index (χ1) is 17.5. The van der Waals surface area contributed by atoms with Crippen molar-refractivity contribution in [3.63, 3.8) is 0 Å². The minimum Gasteiger partial charge on any atom is -0.266 e. The summed E-state index contributed by atoms with van der Waals surface area (Å²) in [6.07, 6.45) is 5.05. The van der Waals surface area contributed by atoms with Crippen LogP contribution in [0.1, 0.15) is 22.4 Å². The molecule has 0 saturated carbocycles. The quantitative estimate of drug-likeness (QED) is 0.299. The van der Waals surface area contributed by atoms with Crippen molar-refractivity contribution in [1.82, 2.24) is 24.4 Å². The minimum atomic E-state index is -0.219. The van der Waals surface area contributed by atoms with Gasteiger partial charge >= 0.3 is 0 Å². The fourth-order valence-electron chi connectivity index (χ4n) is 4.30. The fourth-order valence-corrected chi connectivity index (χ4v) is 5.47. The maximum Gasteiger partial charge on any atom is 0.291 e. The predicted octanol–water partition coefficient (Wildman–Crippen LogP) is 5.67. The van der Waals surface area contributed by atoms with E-state index in [9.17, 15) is 4.79 Å². The maximum absolute atomic E-state index is 13.3. The third kappa shape index (κ3) is 3.81. The van der Waals surface area contributed by atoms with Gasteiger partial charge in [-0.2, -0.15) is 14.9 Å². The van der Waals surface area contributed by atoms with Gasteiger partial charge in [-0.3, -0.25) is 4.79 Å². The number of fused-ring (bicyclic) bond motifs is 3. The van der Waals surface area contributed by atoms with Crippen molar-refractivity contribution < 1.29 is 0 Å². The van der Waals surface area contributed by atoms with E-state index >= 15 is 0 Å². The van der Waals surface area contributed by atoms with E-state index in [0.717, 1.165) is 44.0 Å². The maximum atomic E-state index is 13.3. The lowest BCUT2D eigenvalue weighted by molar-refractivity contribution is 0.819. The number of nitrogens with zero attached hydrogens (tertiary/aromatic N) is 6.